The van der Waals surface area contributed by atoms with Gasteiger partial charge in [0.2, 0.25) is 5.88 Å². The lowest BCUT2D eigenvalue weighted by atomic mass is 9.91. The van der Waals surface area contributed by atoms with Crippen LogP contribution < -0.4 is 9.64 Å². The fourth-order valence-corrected chi connectivity index (χ4v) is 4.84. The van der Waals surface area contributed by atoms with Gasteiger partial charge < -0.3 is 19.1 Å². The van der Waals surface area contributed by atoms with E-state index in [1.165, 1.54) is 12.8 Å². The van der Waals surface area contributed by atoms with E-state index in [1.54, 1.807) is 0 Å². The second-order valence-electron chi connectivity index (χ2n) is 9.06. The third kappa shape index (κ3) is 4.52. The highest BCUT2D eigenvalue weighted by Gasteiger charge is 2.34. The molecule has 31 heavy (non-hydrogen) atoms. The van der Waals surface area contributed by atoms with Crippen LogP contribution in [0.3, 0.4) is 0 Å². The Bertz CT molecular complexity index is 1020. The quantitative estimate of drug-likeness (QED) is 0.605. The summed E-state index contributed by atoms with van der Waals surface area (Å²) in [5, 5.41) is 5.47. The first kappa shape index (κ1) is 20.3. The summed E-state index contributed by atoms with van der Waals surface area (Å²) in [5.74, 6) is 2.28. The number of nitrogens with zero attached hydrogens (tertiary/aromatic N) is 5. The van der Waals surface area contributed by atoms with Crippen LogP contribution in [0.5, 0.6) is 5.88 Å². The molecule has 0 radical (unpaired) electrons. The van der Waals surface area contributed by atoms with Crippen molar-refractivity contribution >= 4 is 16.8 Å². The highest BCUT2D eigenvalue weighted by atomic mass is 16.5. The lowest BCUT2D eigenvalue weighted by Gasteiger charge is -2.46. The summed E-state index contributed by atoms with van der Waals surface area (Å²) < 4.78 is 11.6. The number of rotatable bonds is 6. The number of fused-ring (bicyclic) bond motifs is 2. The Kier molecular flexibility index (Phi) is 5.78. The van der Waals surface area contributed by atoms with E-state index in [1.807, 2.05) is 24.3 Å². The lowest BCUT2D eigenvalue weighted by Crippen LogP contribution is -2.57. The number of hydrogen-bond donors (Lipinski definition) is 0. The largest absolute Gasteiger partial charge is 0.477 e. The first-order valence-electron chi connectivity index (χ1n) is 11.2. The topological polar surface area (TPSA) is 57.9 Å². The van der Waals surface area contributed by atoms with Crippen LogP contribution in [0.2, 0.25) is 0 Å². The van der Waals surface area contributed by atoms with E-state index in [2.05, 4.69) is 57.1 Å². The van der Waals surface area contributed by atoms with Gasteiger partial charge in [-0.05, 0) is 45.1 Å². The molecule has 2 fully saturated rings. The van der Waals surface area contributed by atoms with Gasteiger partial charge in [0.25, 0.3) is 0 Å². The molecule has 7 nitrogen and oxygen atoms in total. The van der Waals surface area contributed by atoms with Crippen molar-refractivity contribution in [2.24, 2.45) is 5.92 Å². The predicted octanol–water partition coefficient (Wildman–Crippen LogP) is 3.26. The maximum absolute atomic E-state index is 6.09. The fourth-order valence-electron chi connectivity index (χ4n) is 4.84. The Labute approximate surface area is 183 Å². The van der Waals surface area contributed by atoms with Crippen LogP contribution in [0, 0.1) is 5.92 Å². The minimum Gasteiger partial charge on any atom is -0.477 e. The van der Waals surface area contributed by atoms with Crippen LogP contribution in [0.1, 0.15) is 18.5 Å². The van der Waals surface area contributed by atoms with Crippen molar-refractivity contribution in [3.05, 3.63) is 48.2 Å². The second-order valence-corrected chi connectivity index (χ2v) is 9.06. The highest BCUT2D eigenvalue weighted by Crippen LogP contribution is 2.31. The average Bonchev–Trinajstić information content (AvgIpc) is 3.21. The third-order valence-electron chi connectivity index (χ3n) is 6.39. The van der Waals surface area contributed by atoms with Gasteiger partial charge in [0, 0.05) is 50.7 Å². The first-order valence-corrected chi connectivity index (χ1v) is 11.2. The molecule has 0 bridgehead atoms. The minimum absolute atomic E-state index is 0.551. The van der Waals surface area contributed by atoms with Crippen molar-refractivity contribution in [2.75, 3.05) is 51.8 Å². The molecule has 2 aromatic heterocycles. The van der Waals surface area contributed by atoms with Crippen molar-refractivity contribution in [3.8, 4) is 5.88 Å². The maximum Gasteiger partial charge on any atom is 0.213 e. The molecule has 2 aliphatic heterocycles. The van der Waals surface area contributed by atoms with Gasteiger partial charge in [-0.3, -0.25) is 4.90 Å². The zero-order valence-corrected chi connectivity index (χ0v) is 18.4. The summed E-state index contributed by atoms with van der Waals surface area (Å²) in [6.07, 6.45) is 2.38. The van der Waals surface area contributed by atoms with E-state index < -0.39 is 0 Å². The molecular formula is C24H31N5O2. The van der Waals surface area contributed by atoms with Gasteiger partial charge in [-0.1, -0.05) is 23.4 Å². The lowest BCUT2D eigenvalue weighted by molar-refractivity contribution is 0.0716. The highest BCUT2D eigenvalue weighted by molar-refractivity contribution is 5.88. The van der Waals surface area contributed by atoms with Crippen LogP contribution in [0.25, 0.3) is 11.0 Å². The van der Waals surface area contributed by atoms with Gasteiger partial charge in [-0.15, -0.1) is 0 Å². The number of pyridine rings is 1. The number of anilines is 1. The van der Waals surface area contributed by atoms with Crippen LogP contribution in [-0.2, 0) is 6.54 Å². The van der Waals surface area contributed by atoms with Crippen LogP contribution in [0.15, 0.2) is 47.0 Å². The van der Waals surface area contributed by atoms with E-state index in [-0.39, 0.29) is 0 Å². The molecule has 0 aliphatic carbocycles. The molecule has 2 aliphatic rings. The Morgan fingerprint density at radius 2 is 1.97 bits per heavy atom. The molecule has 164 valence electrons. The van der Waals surface area contributed by atoms with Crippen LogP contribution in [0.4, 0.5) is 5.82 Å². The number of piperidine rings is 1. The van der Waals surface area contributed by atoms with Gasteiger partial charge >= 0.3 is 0 Å². The third-order valence-corrected chi connectivity index (χ3v) is 6.39. The molecule has 7 heteroatoms. The van der Waals surface area contributed by atoms with Crippen molar-refractivity contribution in [3.63, 3.8) is 0 Å². The van der Waals surface area contributed by atoms with E-state index in [0.717, 1.165) is 67.7 Å². The Hall–Kier alpha value is -2.64. The Morgan fingerprint density at radius 3 is 2.87 bits per heavy atom. The minimum atomic E-state index is 0.551. The fraction of sp³-hybridized carbons (Fsp3) is 0.500. The summed E-state index contributed by atoms with van der Waals surface area (Å²) in [4.78, 5) is 11.8. The molecule has 0 saturated carbocycles. The van der Waals surface area contributed by atoms with Crippen LogP contribution >= 0.6 is 0 Å². The number of aromatic nitrogens is 2. The first-order chi connectivity index (χ1) is 15.2. The SMILES string of the molecule is CN(C)Cc1cccc(OC[C@H]2CC[C@H]3CN(c4noc5ccccc45)CCN3C2)n1. The molecule has 1 aromatic carbocycles. The Balaban J connectivity index is 1.16. The molecule has 0 spiro atoms. The number of para-hydroxylation sites is 1. The molecule has 0 unspecified atom stereocenters. The molecule has 2 saturated heterocycles. The van der Waals surface area contributed by atoms with Gasteiger partial charge in [0.15, 0.2) is 11.4 Å². The second kappa shape index (κ2) is 8.85. The average molecular weight is 422 g/mol. The van der Waals surface area contributed by atoms with Crippen molar-refractivity contribution in [1.82, 2.24) is 19.9 Å². The Morgan fingerprint density at radius 1 is 1.06 bits per heavy atom. The summed E-state index contributed by atoms with van der Waals surface area (Å²) in [7, 11) is 4.11. The number of benzene rings is 1. The summed E-state index contributed by atoms with van der Waals surface area (Å²) in [6, 6.07) is 14.7. The van der Waals surface area contributed by atoms with Crippen molar-refractivity contribution in [1.29, 1.82) is 0 Å². The molecular weight excluding hydrogens is 390 g/mol. The van der Waals surface area contributed by atoms with Gasteiger partial charge in [0.1, 0.15) is 0 Å². The maximum atomic E-state index is 6.09. The number of piperazine rings is 1. The molecule has 5 rings (SSSR count). The molecule has 4 heterocycles. The van der Waals surface area contributed by atoms with E-state index in [4.69, 9.17) is 9.26 Å². The number of ether oxygens (including phenoxy) is 1. The van der Waals surface area contributed by atoms with E-state index in [0.29, 0.717) is 12.0 Å². The molecule has 2 atom stereocenters. The summed E-state index contributed by atoms with van der Waals surface area (Å²) in [6.45, 7) is 5.70. The standard InChI is InChI=1S/C24H31N5O2/c1-27(2)15-19-6-5-9-23(25-19)30-17-18-10-11-20-16-29(13-12-28(20)14-18)24-21-7-3-4-8-22(21)31-26-24/h3-9,18,20H,10-17H2,1-2H3/t18-,20-/m0/s1. The summed E-state index contributed by atoms with van der Waals surface area (Å²) in [5.41, 5.74) is 1.91. The zero-order valence-electron chi connectivity index (χ0n) is 18.4. The van der Waals surface area contributed by atoms with Gasteiger partial charge in [0.05, 0.1) is 17.7 Å². The smallest absolute Gasteiger partial charge is 0.213 e. The number of hydrogen-bond acceptors (Lipinski definition) is 7. The zero-order chi connectivity index (χ0) is 21.2. The van der Waals surface area contributed by atoms with Crippen molar-refractivity contribution in [2.45, 2.75) is 25.4 Å². The molecule has 3 aromatic rings. The van der Waals surface area contributed by atoms with E-state index >= 15 is 0 Å². The normalized spacial score (nSPS) is 22.1. The summed E-state index contributed by atoms with van der Waals surface area (Å²) >= 11 is 0. The predicted molar refractivity (Wildman–Crippen MR) is 121 cm³/mol. The molecule has 0 N–H and O–H groups in total. The van der Waals surface area contributed by atoms with Gasteiger partial charge in [-0.2, -0.15) is 0 Å². The monoisotopic (exact) mass is 421 g/mol. The van der Waals surface area contributed by atoms with Crippen molar-refractivity contribution < 1.29 is 9.26 Å². The van der Waals surface area contributed by atoms with Crippen LogP contribution in [-0.4, -0.2) is 72.9 Å². The molecule has 0 amide bonds. The van der Waals surface area contributed by atoms with E-state index in [9.17, 15) is 0 Å². The van der Waals surface area contributed by atoms with Gasteiger partial charge in [-0.25, -0.2) is 4.98 Å².